The molecule has 2 amide bonds. The fraction of sp³-hybridized carbons (Fsp3) is 0.467. The molecule has 1 aromatic rings. The van der Waals surface area contributed by atoms with E-state index >= 15 is 0 Å². The van der Waals surface area contributed by atoms with Gasteiger partial charge in [-0.05, 0) is 56.6 Å². The second-order valence-corrected chi connectivity index (χ2v) is 5.49. The van der Waals surface area contributed by atoms with E-state index in [1.54, 1.807) is 12.1 Å². The summed E-state index contributed by atoms with van der Waals surface area (Å²) in [6, 6.07) is 5.84. The number of amides is 2. The topological polar surface area (TPSA) is 81.7 Å². The fourth-order valence-corrected chi connectivity index (χ4v) is 2.55. The Labute approximate surface area is 124 Å². The van der Waals surface area contributed by atoms with Crippen LogP contribution in [0.3, 0.4) is 0 Å². The Morgan fingerprint density at radius 2 is 2.05 bits per heavy atom. The van der Waals surface area contributed by atoms with Gasteiger partial charge in [-0.15, -0.1) is 0 Å². The summed E-state index contributed by atoms with van der Waals surface area (Å²) in [5, 5.41) is 14.4. The van der Waals surface area contributed by atoms with Gasteiger partial charge in [0, 0.05) is 18.8 Å². The highest BCUT2D eigenvalue weighted by Gasteiger charge is 2.17. The number of nitrogens with one attached hydrogen (secondary N) is 2. The van der Waals surface area contributed by atoms with Gasteiger partial charge in [-0.2, -0.15) is 0 Å². The van der Waals surface area contributed by atoms with E-state index < -0.39 is 5.97 Å². The van der Waals surface area contributed by atoms with Crippen molar-refractivity contribution in [2.45, 2.75) is 12.8 Å². The molecule has 1 aliphatic heterocycles. The van der Waals surface area contributed by atoms with E-state index in [1.807, 2.05) is 0 Å². The number of piperidine rings is 1. The van der Waals surface area contributed by atoms with Crippen LogP contribution in [0.2, 0.25) is 0 Å². The lowest BCUT2D eigenvalue weighted by Gasteiger charge is -2.29. The number of hydrogen-bond acceptors (Lipinski definition) is 3. The highest BCUT2D eigenvalue weighted by Crippen LogP contribution is 2.14. The molecule has 6 heteroatoms. The normalized spacial score (nSPS) is 19.0. The van der Waals surface area contributed by atoms with Crippen LogP contribution in [0.4, 0.5) is 10.5 Å². The second kappa shape index (κ2) is 7.08. The number of hydrogen-bond donors (Lipinski definition) is 3. The Balaban J connectivity index is 1.77. The molecule has 0 aromatic heterocycles. The average Bonchev–Trinajstić information content (AvgIpc) is 2.46. The summed E-state index contributed by atoms with van der Waals surface area (Å²) in [7, 11) is 2.09. The molecular weight excluding hydrogens is 270 g/mol. The maximum atomic E-state index is 11.8. The number of anilines is 1. The van der Waals surface area contributed by atoms with Gasteiger partial charge in [0.15, 0.2) is 0 Å². The third kappa shape index (κ3) is 4.75. The van der Waals surface area contributed by atoms with Gasteiger partial charge in [0.2, 0.25) is 0 Å². The Morgan fingerprint density at radius 3 is 2.67 bits per heavy atom. The zero-order chi connectivity index (χ0) is 15.2. The standard InChI is InChI=1S/C15H21N3O3/c1-18-8-2-3-11(10-18)9-16-15(21)17-13-6-4-12(5-7-13)14(19)20/h4-7,11H,2-3,8-10H2,1H3,(H,19,20)(H2,16,17,21). The molecule has 0 bridgehead atoms. The molecule has 114 valence electrons. The van der Waals surface area contributed by atoms with Crippen molar-refractivity contribution in [3.05, 3.63) is 29.8 Å². The molecule has 1 aliphatic rings. The summed E-state index contributed by atoms with van der Waals surface area (Å²) >= 11 is 0. The molecule has 21 heavy (non-hydrogen) atoms. The maximum Gasteiger partial charge on any atom is 0.335 e. The van der Waals surface area contributed by atoms with Crippen molar-refractivity contribution < 1.29 is 14.7 Å². The number of carboxylic acid groups (broad SMARTS) is 1. The first-order valence-corrected chi connectivity index (χ1v) is 7.11. The number of rotatable bonds is 4. The van der Waals surface area contributed by atoms with E-state index in [-0.39, 0.29) is 11.6 Å². The van der Waals surface area contributed by atoms with Gasteiger partial charge in [-0.1, -0.05) is 0 Å². The number of urea groups is 1. The van der Waals surface area contributed by atoms with Crippen molar-refractivity contribution in [2.75, 3.05) is 32.0 Å². The Bertz CT molecular complexity index is 501. The van der Waals surface area contributed by atoms with Crippen LogP contribution in [0.15, 0.2) is 24.3 Å². The quantitative estimate of drug-likeness (QED) is 0.790. The van der Waals surface area contributed by atoms with Crippen molar-refractivity contribution in [2.24, 2.45) is 5.92 Å². The number of nitrogens with zero attached hydrogens (tertiary/aromatic N) is 1. The summed E-state index contributed by atoms with van der Waals surface area (Å²) in [6.07, 6.45) is 2.30. The van der Waals surface area contributed by atoms with Crippen molar-refractivity contribution in [1.29, 1.82) is 0 Å². The van der Waals surface area contributed by atoms with E-state index in [1.165, 1.54) is 18.6 Å². The molecule has 0 saturated carbocycles. The number of carbonyl (C=O) groups is 2. The van der Waals surface area contributed by atoms with Gasteiger partial charge in [-0.3, -0.25) is 0 Å². The van der Waals surface area contributed by atoms with Gasteiger partial charge in [0.1, 0.15) is 0 Å². The zero-order valence-electron chi connectivity index (χ0n) is 12.1. The molecule has 0 aliphatic carbocycles. The molecule has 0 spiro atoms. The smallest absolute Gasteiger partial charge is 0.335 e. The van der Waals surface area contributed by atoms with Gasteiger partial charge in [-0.25, -0.2) is 9.59 Å². The Kier molecular flexibility index (Phi) is 5.16. The largest absolute Gasteiger partial charge is 0.478 e. The van der Waals surface area contributed by atoms with Crippen LogP contribution in [0.25, 0.3) is 0 Å². The number of aromatic carboxylic acids is 1. The number of likely N-dealkylation sites (tertiary alicyclic amines) is 1. The fourth-order valence-electron chi connectivity index (χ4n) is 2.55. The summed E-state index contributed by atoms with van der Waals surface area (Å²) in [4.78, 5) is 24.8. The van der Waals surface area contributed by atoms with Gasteiger partial charge < -0.3 is 20.6 Å². The number of carboxylic acids is 1. The zero-order valence-corrected chi connectivity index (χ0v) is 12.1. The van der Waals surface area contributed by atoms with Crippen molar-refractivity contribution in [1.82, 2.24) is 10.2 Å². The molecule has 1 saturated heterocycles. The van der Waals surface area contributed by atoms with E-state index in [4.69, 9.17) is 5.11 Å². The molecular formula is C15H21N3O3. The molecule has 1 atom stereocenters. The minimum atomic E-state index is -0.979. The summed E-state index contributed by atoms with van der Waals surface area (Å²) in [5.74, 6) is -0.490. The van der Waals surface area contributed by atoms with Crippen molar-refractivity contribution in [3.63, 3.8) is 0 Å². The first-order valence-electron chi connectivity index (χ1n) is 7.11. The molecule has 1 aromatic carbocycles. The van der Waals surface area contributed by atoms with Crippen molar-refractivity contribution >= 4 is 17.7 Å². The lowest BCUT2D eigenvalue weighted by molar-refractivity contribution is 0.0697. The van der Waals surface area contributed by atoms with Crippen LogP contribution in [0, 0.1) is 5.92 Å². The molecule has 1 heterocycles. The lowest BCUT2D eigenvalue weighted by Crippen LogP contribution is -2.40. The predicted molar refractivity (Wildman–Crippen MR) is 80.6 cm³/mol. The second-order valence-electron chi connectivity index (χ2n) is 5.49. The minimum Gasteiger partial charge on any atom is -0.478 e. The molecule has 0 radical (unpaired) electrons. The highest BCUT2D eigenvalue weighted by molar-refractivity contribution is 5.91. The monoisotopic (exact) mass is 291 g/mol. The summed E-state index contributed by atoms with van der Waals surface area (Å²) < 4.78 is 0. The number of benzene rings is 1. The van der Waals surface area contributed by atoms with Crippen molar-refractivity contribution in [3.8, 4) is 0 Å². The number of carbonyl (C=O) groups excluding carboxylic acids is 1. The Morgan fingerprint density at radius 1 is 1.33 bits per heavy atom. The van der Waals surface area contributed by atoms with E-state index in [9.17, 15) is 9.59 Å². The molecule has 3 N–H and O–H groups in total. The van der Waals surface area contributed by atoms with Gasteiger partial charge in [0.05, 0.1) is 5.56 Å². The van der Waals surface area contributed by atoms with Gasteiger partial charge >= 0.3 is 12.0 Å². The molecule has 1 unspecified atom stereocenters. The third-order valence-corrected chi connectivity index (χ3v) is 3.66. The first-order chi connectivity index (χ1) is 10.0. The van der Waals surface area contributed by atoms with Crippen LogP contribution in [0.5, 0.6) is 0 Å². The van der Waals surface area contributed by atoms with E-state index in [2.05, 4.69) is 22.6 Å². The van der Waals surface area contributed by atoms with E-state index in [0.717, 1.165) is 19.5 Å². The van der Waals surface area contributed by atoms with E-state index in [0.29, 0.717) is 18.2 Å². The van der Waals surface area contributed by atoms with Gasteiger partial charge in [0.25, 0.3) is 0 Å². The first kappa shape index (κ1) is 15.3. The lowest BCUT2D eigenvalue weighted by atomic mass is 9.99. The summed E-state index contributed by atoms with van der Waals surface area (Å²) in [5.41, 5.74) is 0.782. The average molecular weight is 291 g/mol. The van der Waals surface area contributed by atoms with Crippen LogP contribution in [0.1, 0.15) is 23.2 Å². The van der Waals surface area contributed by atoms with Crippen LogP contribution in [-0.2, 0) is 0 Å². The SMILES string of the molecule is CN1CCCC(CNC(=O)Nc2ccc(C(=O)O)cc2)C1. The predicted octanol–water partition coefficient (Wildman–Crippen LogP) is 1.85. The Hall–Kier alpha value is -2.08. The van der Waals surface area contributed by atoms with Crippen LogP contribution < -0.4 is 10.6 Å². The van der Waals surface area contributed by atoms with Crippen LogP contribution >= 0.6 is 0 Å². The minimum absolute atomic E-state index is 0.200. The van der Waals surface area contributed by atoms with Crippen LogP contribution in [-0.4, -0.2) is 48.7 Å². The molecule has 2 rings (SSSR count). The molecule has 6 nitrogen and oxygen atoms in total. The highest BCUT2D eigenvalue weighted by atomic mass is 16.4. The molecule has 1 fully saturated rings. The summed E-state index contributed by atoms with van der Waals surface area (Å²) in [6.45, 7) is 2.79. The maximum absolute atomic E-state index is 11.8. The third-order valence-electron chi connectivity index (χ3n) is 3.66.